The molecule has 0 spiro atoms. The van der Waals surface area contributed by atoms with Gasteiger partial charge in [-0.05, 0) is 89.5 Å². The number of hydrogen-bond acceptors (Lipinski definition) is 6. The quantitative estimate of drug-likeness (QED) is 0.181. The van der Waals surface area contributed by atoms with Crippen LogP contribution in [0.5, 0.6) is 0 Å². The first-order valence-electron chi connectivity index (χ1n) is 19.5. The zero-order chi connectivity index (χ0) is 39.9. The van der Waals surface area contributed by atoms with Crippen LogP contribution in [0.3, 0.4) is 0 Å². The van der Waals surface area contributed by atoms with Crippen molar-refractivity contribution in [3.05, 3.63) is 167 Å². The van der Waals surface area contributed by atoms with E-state index in [1.807, 2.05) is 121 Å². The molecule has 0 aliphatic carbocycles. The zero-order valence-corrected chi connectivity index (χ0v) is 34.9. The van der Waals surface area contributed by atoms with Crippen molar-refractivity contribution in [2.24, 2.45) is 0 Å². The average molecular weight is 791 g/mol. The van der Waals surface area contributed by atoms with Gasteiger partial charge >= 0.3 is 12.2 Å². The smallest absolute Gasteiger partial charge is 0.419 e. The minimum atomic E-state index is -3.74. The van der Waals surface area contributed by atoms with Crippen LogP contribution in [0.4, 0.5) is 9.59 Å². The second-order valence-electron chi connectivity index (χ2n) is 17.0. The predicted octanol–water partition coefficient (Wildman–Crippen LogP) is 13.4. The molecule has 0 aromatic heterocycles. The average Bonchev–Trinajstić information content (AvgIpc) is 3.72. The van der Waals surface area contributed by atoms with Crippen molar-refractivity contribution in [3.63, 3.8) is 0 Å². The maximum atomic E-state index is 16.7. The highest BCUT2D eigenvalue weighted by molar-refractivity contribution is 7.69. The maximum Gasteiger partial charge on any atom is 0.419 e. The number of amides is 2. The van der Waals surface area contributed by atoms with E-state index in [-0.39, 0.29) is 10.9 Å². The van der Waals surface area contributed by atoms with Gasteiger partial charge < -0.3 is 18.6 Å². The molecular formula is C46H52N2O6P2. The zero-order valence-electron chi connectivity index (χ0n) is 33.1. The lowest BCUT2D eigenvalue weighted by molar-refractivity contribution is 0.0324. The third-order valence-electron chi connectivity index (χ3n) is 10.9. The fourth-order valence-electron chi connectivity index (χ4n) is 8.64. The van der Waals surface area contributed by atoms with Crippen LogP contribution in [0.2, 0.25) is 0 Å². The molecule has 2 saturated heterocycles. The molecule has 4 atom stereocenters. The molecule has 7 rings (SSSR count). The number of hydrogen-bond donors (Lipinski definition) is 0. The van der Waals surface area contributed by atoms with Gasteiger partial charge in [0.1, 0.15) is 36.4 Å². The van der Waals surface area contributed by atoms with Crippen molar-refractivity contribution in [1.29, 1.82) is 0 Å². The molecule has 0 N–H and O–H groups in total. The molecule has 0 bridgehead atoms. The monoisotopic (exact) mass is 790 g/mol. The minimum Gasteiger partial charge on any atom is -0.443 e. The second-order valence-corrected chi connectivity index (χ2v) is 23.2. The van der Waals surface area contributed by atoms with Gasteiger partial charge in [-0.25, -0.2) is 19.4 Å². The van der Waals surface area contributed by atoms with E-state index >= 15 is 9.13 Å². The third-order valence-corrected chi connectivity index (χ3v) is 18.9. The molecule has 0 unspecified atom stereocenters. The first kappa shape index (κ1) is 39.6. The number of ether oxygens (including phenoxy) is 2. The highest BCUT2D eigenvalue weighted by Crippen LogP contribution is 2.84. The molecule has 2 fully saturated rings. The van der Waals surface area contributed by atoms with E-state index in [0.717, 1.165) is 22.3 Å². The van der Waals surface area contributed by atoms with Crippen LogP contribution in [0.1, 0.15) is 112 Å². The Labute approximate surface area is 331 Å². The van der Waals surface area contributed by atoms with Gasteiger partial charge in [-0.1, -0.05) is 121 Å². The summed E-state index contributed by atoms with van der Waals surface area (Å²) < 4.78 is 45.5. The maximum absolute atomic E-state index is 16.7. The Balaban J connectivity index is 1.51. The van der Waals surface area contributed by atoms with Crippen LogP contribution in [-0.2, 0) is 18.6 Å². The van der Waals surface area contributed by atoms with E-state index in [2.05, 4.69) is 0 Å². The standard InChI is InChI=1S/C46H52N2O6P2/c1-45(2,3)53-43(49)47-31-42(56(52)39(35-23-15-9-16-24-35)29-30-40(56)36-25-17-10-18-26-36)48(44(50)54-46(4,5)6)32-41(47)55(51)37(33-19-11-7-12-20-33)27-28-38(55)34-21-13-8-14-22-34/h7-26,31-32,37-40H,27-30H2,1-6H3/t37-,38-,39-,40-/m0/s1. The molecule has 56 heavy (non-hydrogen) atoms. The fourth-order valence-corrected chi connectivity index (χ4v) is 16.9. The lowest BCUT2D eigenvalue weighted by Gasteiger charge is -2.42. The summed E-state index contributed by atoms with van der Waals surface area (Å²) >= 11 is 0. The van der Waals surface area contributed by atoms with Gasteiger partial charge in [0.15, 0.2) is 0 Å². The van der Waals surface area contributed by atoms with E-state index in [1.165, 1.54) is 22.2 Å². The van der Waals surface area contributed by atoms with Crippen LogP contribution in [-0.4, -0.2) is 33.2 Å². The fraction of sp³-hybridized carbons (Fsp3) is 0.348. The Kier molecular flexibility index (Phi) is 10.9. The third kappa shape index (κ3) is 7.59. The van der Waals surface area contributed by atoms with E-state index < -0.39 is 60.3 Å². The van der Waals surface area contributed by atoms with Gasteiger partial charge in [-0.3, -0.25) is 0 Å². The van der Waals surface area contributed by atoms with Crippen LogP contribution in [0.25, 0.3) is 0 Å². The molecule has 292 valence electrons. The molecular weight excluding hydrogens is 738 g/mol. The van der Waals surface area contributed by atoms with E-state index in [1.54, 1.807) is 41.5 Å². The topological polar surface area (TPSA) is 93.2 Å². The van der Waals surface area contributed by atoms with Crippen molar-refractivity contribution in [2.75, 3.05) is 0 Å². The summed E-state index contributed by atoms with van der Waals surface area (Å²) in [6.07, 6.45) is 3.86. The lowest BCUT2D eigenvalue weighted by atomic mass is 10.0. The summed E-state index contributed by atoms with van der Waals surface area (Å²) in [4.78, 5) is 32.2. The van der Waals surface area contributed by atoms with Gasteiger partial charge in [-0.15, -0.1) is 0 Å². The van der Waals surface area contributed by atoms with Crippen LogP contribution < -0.4 is 0 Å². The predicted molar refractivity (Wildman–Crippen MR) is 223 cm³/mol. The molecule has 0 saturated carbocycles. The van der Waals surface area contributed by atoms with Crippen molar-refractivity contribution in [1.82, 2.24) is 9.80 Å². The molecule has 4 aromatic carbocycles. The Bertz CT molecular complexity index is 1950. The Hall–Kier alpha value is -4.64. The van der Waals surface area contributed by atoms with Gasteiger partial charge in [-0.2, -0.15) is 0 Å². The molecule has 3 heterocycles. The van der Waals surface area contributed by atoms with E-state index in [4.69, 9.17) is 9.47 Å². The lowest BCUT2D eigenvalue weighted by Crippen LogP contribution is -2.41. The number of rotatable bonds is 6. The highest BCUT2D eigenvalue weighted by Gasteiger charge is 2.58. The van der Waals surface area contributed by atoms with E-state index in [9.17, 15) is 9.59 Å². The largest absolute Gasteiger partial charge is 0.443 e. The minimum absolute atomic E-state index is 0.153. The summed E-state index contributed by atoms with van der Waals surface area (Å²) in [6.45, 7) is 10.7. The van der Waals surface area contributed by atoms with Crippen LogP contribution in [0.15, 0.2) is 145 Å². The van der Waals surface area contributed by atoms with Crippen molar-refractivity contribution in [2.45, 2.75) is 101 Å². The van der Waals surface area contributed by atoms with Crippen LogP contribution in [0, 0.1) is 0 Å². The van der Waals surface area contributed by atoms with Gasteiger partial charge in [0, 0.05) is 35.0 Å². The summed E-state index contributed by atoms with van der Waals surface area (Å²) in [5, 5.41) is 0. The summed E-state index contributed by atoms with van der Waals surface area (Å²) in [5.74, 6) is 0. The second kappa shape index (κ2) is 15.4. The highest BCUT2D eigenvalue weighted by atomic mass is 31.2. The molecule has 8 nitrogen and oxygen atoms in total. The molecule has 2 amide bonds. The van der Waals surface area contributed by atoms with Gasteiger partial charge in [0.25, 0.3) is 0 Å². The van der Waals surface area contributed by atoms with Crippen molar-refractivity contribution in [3.8, 4) is 0 Å². The van der Waals surface area contributed by atoms with Crippen molar-refractivity contribution < 1.29 is 28.2 Å². The van der Waals surface area contributed by atoms with Crippen LogP contribution >= 0.6 is 14.3 Å². The number of carbonyl (C=O) groups excluding carboxylic acids is 2. The SMILES string of the molecule is CC(C)(C)OC(=O)N1C=C(P2(=O)[C@H](c3ccccc3)CC[C@H]2c2ccccc2)N(C(=O)OC(C)(C)C)C=C1P1(=O)[C@H](c2ccccc2)CC[C@H]1c1ccccc1. The summed E-state index contributed by atoms with van der Waals surface area (Å²) in [7, 11) is -7.48. The summed E-state index contributed by atoms with van der Waals surface area (Å²) in [5.41, 5.74) is 0.103. The normalized spacial score (nSPS) is 23.2. The molecule has 3 aliphatic heterocycles. The number of benzene rings is 4. The Morgan fingerprint density at radius 2 is 0.696 bits per heavy atom. The number of carbonyl (C=O) groups is 2. The number of nitrogens with zero attached hydrogens (tertiary/aromatic N) is 2. The molecule has 3 aliphatic rings. The molecule has 4 aromatic rings. The molecule has 0 radical (unpaired) electrons. The summed E-state index contributed by atoms with van der Waals surface area (Å²) in [6, 6.07) is 39.0. The first-order valence-corrected chi connectivity index (χ1v) is 23.2. The van der Waals surface area contributed by atoms with Gasteiger partial charge in [0.2, 0.25) is 0 Å². The van der Waals surface area contributed by atoms with Crippen molar-refractivity contribution >= 4 is 26.5 Å². The Morgan fingerprint density at radius 1 is 0.464 bits per heavy atom. The molecule has 10 heteroatoms. The van der Waals surface area contributed by atoms with E-state index in [0.29, 0.717) is 25.7 Å². The van der Waals surface area contributed by atoms with Gasteiger partial charge in [0.05, 0.1) is 0 Å². The first-order chi connectivity index (χ1) is 26.6. The Morgan fingerprint density at radius 3 is 0.911 bits per heavy atom.